The maximum absolute atomic E-state index is 13.3. The van der Waals surface area contributed by atoms with Crippen molar-refractivity contribution in [1.29, 1.82) is 0 Å². The normalized spacial score (nSPS) is 18.5. The molecule has 8 nitrogen and oxygen atoms in total. The van der Waals surface area contributed by atoms with Gasteiger partial charge in [-0.2, -0.15) is 0 Å². The lowest BCUT2D eigenvalue weighted by atomic mass is 9.87. The molecule has 0 amide bonds. The maximum Gasteiger partial charge on any atom is 0.342 e. The van der Waals surface area contributed by atoms with E-state index in [1.54, 1.807) is 30.3 Å². The minimum atomic E-state index is -2.08. The number of benzene rings is 3. The van der Waals surface area contributed by atoms with E-state index in [4.69, 9.17) is 28.4 Å². The third kappa shape index (κ3) is 3.81. The van der Waals surface area contributed by atoms with Gasteiger partial charge in [0, 0.05) is 17.6 Å². The summed E-state index contributed by atoms with van der Waals surface area (Å²) in [6.07, 6.45) is 0.253. The minimum Gasteiger partial charge on any atom is -0.493 e. The zero-order chi connectivity index (χ0) is 24.6. The largest absolute Gasteiger partial charge is 0.493 e. The monoisotopic (exact) mass is 476 g/mol. The molecule has 0 saturated heterocycles. The molecule has 0 saturated carbocycles. The molecule has 35 heavy (non-hydrogen) atoms. The predicted octanol–water partition coefficient (Wildman–Crippen LogP) is 3.84. The average molecular weight is 476 g/mol. The van der Waals surface area contributed by atoms with Gasteiger partial charge in [0.2, 0.25) is 12.5 Å². The van der Waals surface area contributed by atoms with Crippen LogP contribution >= 0.6 is 0 Å². The first-order valence-electron chi connectivity index (χ1n) is 10.9. The third-order valence-corrected chi connectivity index (χ3v) is 6.10. The number of ether oxygens (including phenoxy) is 6. The molecule has 1 atom stereocenters. The number of hydrogen-bond donors (Lipinski definition) is 1. The summed E-state index contributed by atoms with van der Waals surface area (Å²) in [6.45, 7) is 0.106. The lowest BCUT2D eigenvalue weighted by Gasteiger charge is -2.27. The Morgan fingerprint density at radius 1 is 0.886 bits per heavy atom. The molecule has 0 spiro atoms. The second kappa shape index (κ2) is 8.88. The quantitative estimate of drug-likeness (QED) is 0.515. The minimum absolute atomic E-state index is 0.106. The second-order valence-corrected chi connectivity index (χ2v) is 8.03. The average Bonchev–Trinajstić information content (AvgIpc) is 3.45. The van der Waals surface area contributed by atoms with Gasteiger partial charge in [0.15, 0.2) is 23.0 Å². The molecule has 0 bridgehead atoms. The fraction of sp³-hybridized carbons (Fsp3) is 0.222. The molecule has 1 N–H and O–H groups in total. The van der Waals surface area contributed by atoms with E-state index in [9.17, 15) is 9.90 Å². The van der Waals surface area contributed by atoms with Gasteiger partial charge in [-0.25, -0.2) is 4.79 Å². The highest BCUT2D eigenvalue weighted by molar-refractivity contribution is 6.20. The highest BCUT2D eigenvalue weighted by atomic mass is 16.7. The van der Waals surface area contributed by atoms with Crippen molar-refractivity contribution in [2.75, 3.05) is 28.1 Å². The summed E-state index contributed by atoms with van der Waals surface area (Å²) in [5.41, 5.74) is 2.34. The molecule has 2 aliphatic heterocycles. The molecule has 8 heteroatoms. The molecule has 2 aliphatic rings. The lowest BCUT2D eigenvalue weighted by molar-refractivity contribution is -0.185. The number of cyclic esters (lactones) is 1. The fourth-order valence-corrected chi connectivity index (χ4v) is 4.40. The number of fused-ring (bicyclic) bond motifs is 1. The van der Waals surface area contributed by atoms with Gasteiger partial charge in [-0.1, -0.05) is 36.4 Å². The van der Waals surface area contributed by atoms with Gasteiger partial charge in [0.25, 0.3) is 5.79 Å². The summed E-state index contributed by atoms with van der Waals surface area (Å²) in [4.78, 5) is 13.3. The molecule has 0 aromatic heterocycles. The Labute approximate surface area is 202 Å². The van der Waals surface area contributed by atoms with E-state index in [1.807, 2.05) is 30.3 Å². The van der Waals surface area contributed by atoms with Crippen LogP contribution in [0.4, 0.5) is 0 Å². The van der Waals surface area contributed by atoms with Crippen LogP contribution in [-0.4, -0.2) is 39.2 Å². The van der Waals surface area contributed by atoms with E-state index in [2.05, 4.69) is 0 Å². The van der Waals surface area contributed by atoms with Gasteiger partial charge in [0.05, 0.1) is 26.9 Å². The highest BCUT2D eigenvalue weighted by Gasteiger charge is 2.49. The highest BCUT2D eigenvalue weighted by Crippen LogP contribution is 2.49. The van der Waals surface area contributed by atoms with E-state index in [0.29, 0.717) is 39.9 Å². The number of hydrogen-bond acceptors (Lipinski definition) is 8. The number of aliphatic hydroxyl groups is 1. The van der Waals surface area contributed by atoms with Crippen LogP contribution in [-0.2, 0) is 21.7 Å². The van der Waals surface area contributed by atoms with Crippen molar-refractivity contribution >= 4 is 11.5 Å². The Bertz CT molecular complexity index is 1290. The Morgan fingerprint density at radius 2 is 1.57 bits per heavy atom. The molecule has 0 aliphatic carbocycles. The topological polar surface area (TPSA) is 92.7 Å². The molecule has 180 valence electrons. The van der Waals surface area contributed by atoms with Crippen LogP contribution in [0.3, 0.4) is 0 Å². The number of esters is 1. The second-order valence-electron chi connectivity index (χ2n) is 8.03. The van der Waals surface area contributed by atoms with Gasteiger partial charge in [-0.3, -0.25) is 0 Å². The third-order valence-electron chi connectivity index (χ3n) is 6.10. The predicted molar refractivity (Wildman–Crippen MR) is 126 cm³/mol. The zero-order valence-corrected chi connectivity index (χ0v) is 19.5. The summed E-state index contributed by atoms with van der Waals surface area (Å²) < 4.78 is 32.9. The van der Waals surface area contributed by atoms with Crippen molar-refractivity contribution in [3.8, 4) is 28.7 Å². The van der Waals surface area contributed by atoms with Crippen LogP contribution in [0.15, 0.2) is 66.2 Å². The van der Waals surface area contributed by atoms with Gasteiger partial charge in [-0.15, -0.1) is 0 Å². The summed E-state index contributed by atoms with van der Waals surface area (Å²) in [7, 11) is 4.44. The van der Waals surface area contributed by atoms with Gasteiger partial charge < -0.3 is 33.5 Å². The smallest absolute Gasteiger partial charge is 0.342 e. The lowest BCUT2D eigenvalue weighted by Crippen LogP contribution is -2.30. The Kier molecular flexibility index (Phi) is 5.74. The van der Waals surface area contributed by atoms with Crippen molar-refractivity contribution in [3.63, 3.8) is 0 Å². The Morgan fingerprint density at radius 3 is 2.23 bits per heavy atom. The van der Waals surface area contributed by atoms with Crippen LogP contribution in [0.5, 0.6) is 28.7 Å². The first-order valence-corrected chi connectivity index (χ1v) is 10.9. The Hall–Kier alpha value is -4.17. The van der Waals surface area contributed by atoms with Crippen LogP contribution in [0.1, 0.15) is 16.7 Å². The van der Waals surface area contributed by atoms with E-state index >= 15 is 0 Å². The standard InChI is InChI=1S/C27H24O8/c1-30-22-13-18(14-23(31-2)25(22)32-3)27(29)19(11-16-7-5-4-6-8-16)24(26(28)35-27)17-9-10-20-21(12-17)34-15-33-20/h4-10,12-14,29H,11,15H2,1-3H3. The maximum atomic E-state index is 13.3. The fourth-order valence-electron chi connectivity index (χ4n) is 4.40. The van der Waals surface area contributed by atoms with E-state index in [1.165, 1.54) is 21.3 Å². The zero-order valence-electron chi connectivity index (χ0n) is 19.5. The van der Waals surface area contributed by atoms with Crippen LogP contribution < -0.4 is 23.7 Å². The number of rotatable bonds is 7. The van der Waals surface area contributed by atoms with E-state index < -0.39 is 11.8 Å². The summed E-state index contributed by atoms with van der Waals surface area (Å²) in [6, 6.07) is 17.9. The SMILES string of the molecule is COc1cc(C2(O)OC(=O)C(c3ccc4c(c3)OCO4)=C2Cc2ccccc2)cc(OC)c1OC. The molecule has 3 aromatic rings. The van der Waals surface area contributed by atoms with Crippen LogP contribution in [0.2, 0.25) is 0 Å². The molecular formula is C27H24O8. The van der Waals surface area contributed by atoms with Crippen molar-refractivity contribution in [3.05, 3.63) is 82.9 Å². The Balaban J connectivity index is 1.71. The first-order chi connectivity index (χ1) is 17.0. The van der Waals surface area contributed by atoms with Crippen molar-refractivity contribution in [2.45, 2.75) is 12.2 Å². The molecule has 0 fully saturated rings. The molecule has 1 unspecified atom stereocenters. The number of methoxy groups -OCH3 is 3. The van der Waals surface area contributed by atoms with Crippen LogP contribution in [0.25, 0.3) is 5.57 Å². The summed E-state index contributed by atoms with van der Waals surface area (Å²) >= 11 is 0. The van der Waals surface area contributed by atoms with Gasteiger partial charge >= 0.3 is 5.97 Å². The van der Waals surface area contributed by atoms with E-state index in [0.717, 1.165) is 5.56 Å². The number of carbonyl (C=O) groups excluding carboxylic acids is 1. The molecule has 5 rings (SSSR count). The molecule has 0 radical (unpaired) electrons. The molecular weight excluding hydrogens is 452 g/mol. The van der Waals surface area contributed by atoms with E-state index in [-0.39, 0.29) is 24.4 Å². The summed E-state index contributed by atoms with van der Waals surface area (Å²) in [5, 5.41) is 12.0. The summed E-state index contributed by atoms with van der Waals surface area (Å²) in [5.74, 6) is -0.632. The first kappa shape index (κ1) is 22.6. The van der Waals surface area contributed by atoms with Crippen LogP contribution in [0, 0.1) is 0 Å². The van der Waals surface area contributed by atoms with Crippen molar-refractivity contribution < 1.29 is 38.3 Å². The van der Waals surface area contributed by atoms with Gasteiger partial charge in [0.1, 0.15) is 0 Å². The molecule has 3 aromatic carbocycles. The van der Waals surface area contributed by atoms with Gasteiger partial charge in [-0.05, 0) is 35.4 Å². The number of carbonyl (C=O) groups is 1. The van der Waals surface area contributed by atoms with Crippen molar-refractivity contribution in [2.24, 2.45) is 0 Å². The molecule has 2 heterocycles. The van der Waals surface area contributed by atoms with Crippen molar-refractivity contribution in [1.82, 2.24) is 0 Å².